The molecule has 1 atom stereocenters. The van der Waals surface area contributed by atoms with E-state index < -0.39 is 0 Å². The summed E-state index contributed by atoms with van der Waals surface area (Å²) in [5, 5.41) is 0.636. The predicted molar refractivity (Wildman–Crippen MR) is 96.5 cm³/mol. The number of carbonyl (C=O) groups is 2. The van der Waals surface area contributed by atoms with Crippen molar-refractivity contribution in [3.63, 3.8) is 0 Å². The molecule has 0 aliphatic carbocycles. The summed E-state index contributed by atoms with van der Waals surface area (Å²) in [6.45, 7) is 1.86. The van der Waals surface area contributed by atoms with Crippen LogP contribution in [0.2, 0.25) is 5.02 Å². The lowest BCUT2D eigenvalue weighted by molar-refractivity contribution is -0.136. The van der Waals surface area contributed by atoms with Crippen LogP contribution >= 0.6 is 11.6 Å². The third-order valence-corrected chi connectivity index (χ3v) is 5.01. The topological polar surface area (TPSA) is 43.9 Å². The van der Waals surface area contributed by atoms with Crippen molar-refractivity contribution in [2.75, 3.05) is 24.5 Å². The molecule has 5 nitrogen and oxygen atoms in total. The first-order chi connectivity index (χ1) is 12.1. The summed E-state index contributed by atoms with van der Waals surface area (Å²) in [6, 6.07) is 17.0. The lowest BCUT2D eigenvalue weighted by atomic mass is 10.1. The average Bonchev–Trinajstić information content (AvgIpc) is 2.93. The van der Waals surface area contributed by atoms with E-state index in [1.54, 1.807) is 21.9 Å². The van der Waals surface area contributed by atoms with E-state index in [4.69, 9.17) is 11.6 Å². The van der Waals surface area contributed by atoms with Crippen molar-refractivity contribution < 1.29 is 9.59 Å². The number of nitrogens with zero attached hydrogens (tertiary/aromatic N) is 3. The third-order valence-electron chi connectivity index (χ3n) is 4.75. The van der Waals surface area contributed by atoms with Gasteiger partial charge in [0.1, 0.15) is 6.54 Å². The fraction of sp³-hybridized carbons (Fsp3) is 0.263. The number of benzene rings is 2. The lowest BCUT2D eigenvalue weighted by Gasteiger charge is -2.36. The van der Waals surface area contributed by atoms with E-state index in [0.29, 0.717) is 24.7 Å². The number of hydrogen-bond acceptors (Lipinski definition) is 2. The van der Waals surface area contributed by atoms with Crippen LogP contribution in [0.4, 0.5) is 10.5 Å². The van der Waals surface area contributed by atoms with Crippen molar-refractivity contribution in [3.8, 4) is 0 Å². The Hall–Kier alpha value is -2.53. The van der Waals surface area contributed by atoms with E-state index in [-0.39, 0.29) is 24.5 Å². The second-order valence-electron chi connectivity index (χ2n) is 6.41. The number of anilines is 1. The van der Waals surface area contributed by atoms with Gasteiger partial charge in [0.2, 0.25) is 5.91 Å². The SMILES string of the molecule is O=C1CN2C(=O)N(c3ccc(Cl)cc3)CC2CN1Cc1ccccc1. The Morgan fingerprint density at radius 3 is 2.40 bits per heavy atom. The van der Waals surface area contributed by atoms with Gasteiger partial charge in [-0.3, -0.25) is 9.69 Å². The molecule has 2 heterocycles. The maximum Gasteiger partial charge on any atom is 0.325 e. The van der Waals surface area contributed by atoms with Gasteiger partial charge in [-0.15, -0.1) is 0 Å². The Kier molecular flexibility index (Phi) is 4.09. The molecule has 0 aromatic heterocycles. The Morgan fingerprint density at radius 1 is 0.960 bits per heavy atom. The molecule has 0 radical (unpaired) electrons. The fourth-order valence-corrected chi connectivity index (χ4v) is 3.57. The zero-order valence-corrected chi connectivity index (χ0v) is 14.4. The van der Waals surface area contributed by atoms with Crippen molar-refractivity contribution in [1.82, 2.24) is 9.80 Å². The van der Waals surface area contributed by atoms with Gasteiger partial charge < -0.3 is 9.80 Å². The van der Waals surface area contributed by atoms with Gasteiger partial charge >= 0.3 is 6.03 Å². The molecular formula is C19H18ClN3O2. The van der Waals surface area contributed by atoms with Crippen LogP contribution in [0.15, 0.2) is 54.6 Å². The Labute approximate surface area is 151 Å². The molecule has 0 saturated carbocycles. The molecule has 2 saturated heterocycles. The molecule has 1 unspecified atom stereocenters. The summed E-state index contributed by atoms with van der Waals surface area (Å²) in [7, 11) is 0. The summed E-state index contributed by atoms with van der Waals surface area (Å²) >= 11 is 5.93. The van der Waals surface area contributed by atoms with Crippen LogP contribution in [0.1, 0.15) is 5.56 Å². The molecule has 2 aromatic rings. The van der Waals surface area contributed by atoms with Gasteiger partial charge in [-0.25, -0.2) is 4.79 Å². The summed E-state index contributed by atoms with van der Waals surface area (Å²) in [5.41, 5.74) is 1.91. The molecule has 25 heavy (non-hydrogen) atoms. The summed E-state index contributed by atoms with van der Waals surface area (Å²) < 4.78 is 0. The number of rotatable bonds is 3. The van der Waals surface area contributed by atoms with Crippen LogP contribution in [-0.4, -0.2) is 47.4 Å². The Balaban J connectivity index is 1.50. The molecule has 2 aliphatic heterocycles. The van der Waals surface area contributed by atoms with E-state index in [1.807, 2.05) is 47.4 Å². The smallest absolute Gasteiger partial charge is 0.325 e. The van der Waals surface area contributed by atoms with E-state index in [2.05, 4.69) is 0 Å². The molecule has 2 aromatic carbocycles. The average molecular weight is 356 g/mol. The van der Waals surface area contributed by atoms with Crippen LogP contribution < -0.4 is 4.90 Å². The van der Waals surface area contributed by atoms with Crippen LogP contribution in [-0.2, 0) is 11.3 Å². The first-order valence-electron chi connectivity index (χ1n) is 8.27. The number of hydrogen-bond donors (Lipinski definition) is 0. The molecule has 2 aliphatic rings. The van der Waals surface area contributed by atoms with Gasteiger partial charge in [0.05, 0.1) is 6.04 Å². The number of piperazine rings is 1. The number of urea groups is 1. The first kappa shape index (κ1) is 16.0. The fourth-order valence-electron chi connectivity index (χ4n) is 3.45. The predicted octanol–water partition coefficient (Wildman–Crippen LogP) is 2.99. The quantitative estimate of drug-likeness (QED) is 0.849. The number of carbonyl (C=O) groups excluding carboxylic acids is 2. The highest BCUT2D eigenvalue weighted by molar-refractivity contribution is 6.30. The third kappa shape index (κ3) is 3.07. The monoisotopic (exact) mass is 355 g/mol. The lowest BCUT2D eigenvalue weighted by Crippen LogP contribution is -2.54. The van der Waals surface area contributed by atoms with Crippen molar-refractivity contribution >= 4 is 29.2 Å². The number of fused-ring (bicyclic) bond motifs is 1. The van der Waals surface area contributed by atoms with Crippen molar-refractivity contribution in [3.05, 3.63) is 65.2 Å². The van der Waals surface area contributed by atoms with Crippen LogP contribution in [0.3, 0.4) is 0 Å². The Morgan fingerprint density at radius 2 is 1.68 bits per heavy atom. The zero-order valence-electron chi connectivity index (χ0n) is 13.6. The minimum Gasteiger partial charge on any atom is -0.335 e. The highest BCUT2D eigenvalue weighted by Crippen LogP contribution is 2.28. The maximum atomic E-state index is 12.7. The van der Waals surface area contributed by atoms with Crippen molar-refractivity contribution in [1.29, 1.82) is 0 Å². The molecule has 3 amide bonds. The molecule has 128 valence electrons. The van der Waals surface area contributed by atoms with Gasteiger partial charge in [-0.2, -0.15) is 0 Å². The van der Waals surface area contributed by atoms with E-state index in [0.717, 1.165) is 11.3 Å². The molecular weight excluding hydrogens is 338 g/mol. The number of halogens is 1. The van der Waals surface area contributed by atoms with E-state index >= 15 is 0 Å². The largest absolute Gasteiger partial charge is 0.335 e. The van der Waals surface area contributed by atoms with Gasteiger partial charge in [-0.05, 0) is 29.8 Å². The molecule has 4 rings (SSSR count). The van der Waals surface area contributed by atoms with Gasteiger partial charge in [-0.1, -0.05) is 41.9 Å². The molecule has 0 N–H and O–H groups in total. The molecule has 2 fully saturated rings. The minimum absolute atomic E-state index is 0.00795. The normalized spacial score (nSPS) is 20.2. The standard InChI is InChI=1S/C19H18ClN3O2/c20-15-6-8-16(9-7-15)22-12-17-11-21(10-14-4-2-1-3-5-14)18(24)13-23(17)19(22)25/h1-9,17H,10-13H2. The van der Waals surface area contributed by atoms with Crippen LogP contribution in [0, 0.1) is 0 Å². The summed E-state index contributed by atoms with van der Waals surface area (Å²) in [6.07, 6.45) is 0. The van der Waals surface area contributed by atoms with E-state index in [9.17, 15) is 9.59 Å². The summed E-state index contributed by atoms with van der Waals surface area (Å²) in [5.74, 6) is -0.00795. The second-order valence-corrected chi connectivity index (χ2v) is 6.85. The van der Waals surface area contributed by atoms with Gasteiger partial charge in [0.15, 0.2) is 0 Å². The van der Waals surface area contributed by atoms with Crippen LogP contribution in [0.25, 0.3) is 0 Å². The maximum absolute atomic E-state index is 12.7. The molecule has 6 heteroatoms. The van der Waals surface area contributed by atoms with Crippen molar-refractivity contribution in [2.24, 2.45) is 0 Å². The van der Waals surface area contributed by atoms with Crippen LogP contribution in [0.5, 0.6) is 0 Å². The van der Waals surface area contributed by atoms with Gasteiger partial charge in [0, 0.05) is 30.3 Å². The number of amides is 3. The second kappa shape index (κ2) is 6.41. The van der Waals surface area contributed by atoms with Crippen molar-refractivity contribution in [2.45, 2.75) is 12.6 Å². The molecule has 0 bridgehead atoms. The minimum atomic E-state index is -0.111. The van der Waals surface area contributed by atoms with E-state index in [1.165, 1.54) is 0 Å². The summed E-state index contributed by atoms with van der Waals surface area (Å²) in [4.78, 5) is 30.4. The first-order valence-corrected chi connectivity index (χ1v) is 8.65. The zero-order chi connectivity index (χ0) is 17.4. The van der Waals surface area contributed by atoms with Gasteiger partial charge in [0.25, 0.3) is 0 Å². The Bertz CT molecular complexity index is 794. The molecule has 0 spiro atoms. The highest BCUT2D eigenvalue weighted by Gasteiger charge is 2.43. The highest BCUT2D eigenvalue weighted by atomic mass is 35.5.